The van der Waals surface area contributed by atoms with Gasteiger partial charge in [-0.15, -0.1) is 0 Å². The fourth-order valence-electron chi connectivity index (χ4n) is 1.85. The van der Waals surface area contributed by atoms with E-state index in [1.54, 1.807) is 24.6 Å². The number of allylic oxidation sites excluding steroid dienone is 2. The van der Waals surface area contributed by atoms with Crippen LogP contribution in [0.1, 0.15) is 25.2 Å². The Hall–Kier alpha value is -2.49. The van der Waals surface area contributed by atoms with Crippen LogP contribution in [0.15, 0.2) is 16.7 Å². The van der Waals surface area contributed by atoms with E-state index in [0.717, 1.165) is 6.92 Å². The molecular weight excluding hydrogens is 322 g/mol. The summed E-state index contributed by atoms with van der Waals surface area (Å²) < 4.78 is 26.1. The molecule has 2 amide bonds. The lowest BCUT2D eigenvalue weighted by molar-refractivity contribution is -0.113. The van der Waals surface area contributed by atoms with Crippen molar-refractivity contribution in [2.75, 3.05) is 12.4 Å². The fourth-order valence-corrected chi connectivity index (χ4v) is 3.13. The van der Waals surface area contributed by atoms with Gasteiger partial charge in [0.2, 0.25) is 5.95 Å². The lowest BCUT2D eigenvalue weighted by atomic mass is 10.3. The van der Waals surface area contributed by atoms with E-state index in [1.807, 2.05) is 0 Å². The van der Waals surface area contributed by atoms with Gasteiger partial charge in [-0.3, -0.25) is 10.1 Å². The number of hydrogen-bond acceptors (Lipinski definition) is 7. The van der Waals surface area contributed by atoms with E-state index in [0.29, 0.717) is 11.4 Å². The molecule has 0 aliphatic carbocycles. The van der Waals surface area contributed by atoms with Gasteiger partial charge in [-0.2, -0.15) is 0 Å². The van der Waals surface area contributed by atoms with Gasteiger partial charge in [0.25, 0.3) is 10.0 Å². The lowest BCUT2D eigenvalue weighted by Gasteiger charge is -2.12. The van der Waals surface area contributed by atoms with Crippen molar-refractivity contribution in [2.24, 2.45) is 0 Å². The van der Waals surface area contributed by atoms with E-state index in [2.05, 4.69) is 20.6 Å². The smallest absolute Gasteiger partial charge is 0.335 e. The van der Waals surface area contributed by atoms with Gasteiger partial charge < -0.3 is 5.32 Å². The molecule has 0 fully saturated rings. The minimum absolute atomic E-state index is 0.0334. The number of nitrogens with one attached hydrogen (secondary N) is 3. The molecule has 0 spiro atoms. The van der Waals surface area contributed by atoms with Gasteiger partial charge in [0.15, 0.2) is 5.78 Å². The molecule has 0 bridgehead atoms. The first-order valence-electron chi connectivity index (χ1n) is 6.62. The van der Waals surface area contributed by atoms with E-state index >= 15 is 0 Å². The van der Waals surface area contributed by atoms with Gasteiger partial charge in [-0.05, 0) is 33.8 Å². The van der Waals surface area contributed by atoms with Gasteiger partial charge in [-0.25, -0.2) is 27.9 Å². The summed E-state index contributed by atoms with van der Waals surface area (Å²) in [5.74, 6) is -0.728. The summed E-state index contributed by atoms with van der Waals surface area (Å²) in [6.07, 6.45) is 0. The van der Waals surface area contributed by atoms with Gasteiger partial charge in [-0.1, -0.05) is 0 Å². The molecule has 0 atom stereocenters. The molecule has 0 aliphatic heterocycles. The Labute approximate surface area is 134 Å². The molecule has 1 heterocycles. The van der Waals surface area contributed by atoms with Crippen LogP contribution in [0.5, 0.6) is 0 Å². The molecule has 1 rings (SSSR count). The zero-order valence-electron chi connectivity index (χ0n) is 13.5. The highest BCUT2D eigenvalue weighted by Gasteiger charge is 2.27. The van der Waals surface area contributed by atoms with Crippen molar-refractivity contribution in [2.45, 2.75) is 27.7 Å². The van der Waals surface area contributed by atoms with Crippen LogP contribution in [-0.2, 0) is 14.8 Å². The van der Waals surface area contributed by atoms with Crippen LogP contribution >= 0.6 is 0 Å². The number of urea groups is 1. The summed E-state index contributed by atoms with van der Waals surface area (Å²) >= 11 is 0. The Morgan fingerprint density at radius 3 is 2.04 bits per heavy atom. The molecule has 1 aromatic rings. The Kier molecular flexibility index (Phi) is 5.79. The third-order valence-electron chi connectivity index (χ3n) is 2.74. The molecule has 1 aromatic heterocycles. The van der Waals surface area contributed by atoms with E-state index in [9.17, 15) is 18.0 Å². The van der Waals surface area contributed by atoms with Gasteiger partial charge in [0, 0.05) is 24.1 Å². The summed E-state index contributed by atoms with van der Waals surface area (Å²) in [4.78, 5) is 30.8. The molecule has 0 saturated heterocycles. The Morgan fingerprint density at radius 1 is 1.09 bits per heavy atom. The molecule has 0 radical (unpaired) electrons. The molecule has 9 nitrogen and oxygen atoms in total. The minimum atomic E-state index is -4.32. The lowest BCUT2D eigenvalue weighted by Crippen LogP contribution is -2.38. The van der Waals surface area contributed by atoms with E-state index < -0.39 is 26.7 Å². The van der Waals surface area contributed by atoms with Crippen LogP contribution < -0.4 is 15.4 Å². The quantitative estimate of drug-likeness (QED) is 0.668. The van der Waals surface area contributed by atoms with Gasteiger partial charge >= 0.3 is 6.03 Å². The fraction of sp³-hybridized carbons (Fsp3) is 0.385. The second-order valence-corrected chi connectivity index (χ2v) is 6.41. The average Bonchev–Trinajstić information content (AvgIpc) is 2.35. The SMILES string of the molecule is CNC(C)=C(C(C)=O)S(=O)(=O)NC(=O)Nc1nc(C)cc(C)n1. The van der Waals surface area contributed by atoms with Crippen LogP contribution in [0.25, 0.3) is 0 Å². The van der Waals surface area contributed by atoms with Gasteiger partial charge in [0.05, 0.1) is 0 Å². The van der Waals surface area contributed by atoms with Gasteiger partial charge in [0.1, 0.15) is 4.91 Å². The normalized spacial score (nSPS) is 12.2. The Morgan fingerprint density at radius 2 is 1.61 bits per heavy atom. The number of carbonyl (C=O) groups is 2. The van der Waals surface area contributed by atoms with Crippen LogP contribution in [0.4, 0.5) is 10.7 Å². The number of ketones is 1. The first-order chi connectivity index (χ1) is 10.6. The predicted molar refractivity (Wildman–Crippen MR) is 85.0 cm³/mol. The maximum Gasteiger partial charge on any atom is 0.335 e. The van der Waals surface area contributed by atoms with Crippen molar-refractivity contribution >= 4 is 27.8 Å². The number of amides is 2. The number of aryl methyl sites for hydroxylation is 2. The summed E-state index contributed by atoms with van der Waals surface area (Å²) in [5.41, 5.74) is 1.36. The first-order valence-corrected chi connectivity index (χ1v) is 8.10. The predicted octanol–water partition coefficient (Wildman–Crippen LogP) is 0.585. The van der Waals surface area contributed by atoms with Crippen molar-refractivity contribution in [3.05, 3.63) is 28.1 Å². The van der Waals surface area contributed by atoms with E-state index in [-0.39, 0.29) is 11.6 Å². The van der Waals surface area contributed by atoms with Crippen molar-refractivity contribution in [3.8, 4) is 0 Å². The summed E-state index contributed by atoms with van der Waals surface area (Å²) in [5, 5.41) is 4.80. The minimum Gasteiger partial charge on any atom is -0.390 e. The molecular formula is C13H19N5O4S. The highest BCUT2D eigenvalue weighted by atomic mass is 32.2. The Bertz CT molecular complexity index is 750. The number of carbonyl (C=O) groups excluding carboxylic acids is 2. The highest BCUT2D eigenvalue weighted by molar-refractivity contribution is 7.94. The number of rotatable bonds is 5. The second kappa shape index (κ2) is 7.18. The molecule has 10 heteroatoms. The molecule has 0 unspecified atom stereocenters. The average molecular weight is 341 g/mol. The molecule has 0 aromatic carbocycles. The molecule has 3 N–H and O–H groups in total. The summed E-state index contributed by atoms with van der Waals surface area (Å²) in [7, 11) is -2.85. The number of anilines is 1. The second-order valence-electron chi connectivity index (χ2n) is 4.79. The number of aromatic nitrogens is 2. The number of sulfonamides is 1. The zero-order valence-corrected chi connectivity index (χ0v) is 14.3. The topological polar surface area (TPSA) is 130 Å². The molecule has 0 aliphatic rings. The van der Waals surface area contributed by atoms with E-state index in [4.69, 9.17) is 0 Å². The third kappa shape index (κ3) is 5.02. The van der Waals surface area contributed by atoms with E-state index in [1.165, 1.54) is 14.0 Å². The molecule has 126 valence electrons. The third-order valence-corrected chi connectivity index (χ3v) is 4.32. The highest BCUT2D eigenvalue weighted by Crippen LogP contribution is 2.11. The maximum absolute atomic E-state index is 12.2. The Balaban J connectivity index is 3.01. The monoisotopic (exact) mass is 341 g/mol. The largest absolute Gasteiger partial charge is 0.390 e. The number of nitrogens with zero attached hydrogens (tertiary/aromatic N) is 2. The molecule has 23 heavy (non-hydrogen) atoms. The summed E-state index contributed by atoms with van der Waals surface area (Å²) in [6, 6.07) is 0.643. The maximum atomic E-state index is 12.2. The van der Waals surface area contributed by atoms with Crippen LogP contribution in [0.3, 0.4) is 0 Å². The van der Waals surface area contributed by atoms with Crippen molar-refractivity contribution < 1.29 is 18.0 Å². The molecule has 0 saturated carbocycles. The van der Waals surface area contributed by atoms with Crippen molar-refractivity contribution in [1.82, 2.24) is 20.0 Å². The van der Waals surface area contributed by atoms with Crippen LogP contribution in [0, 0.1) is 13.8 Å². The number of hydrogen-bond donors (Lipinski definition) is 3. The van der Waals surface area contributed by atoms with Crippen molar-refractivity contribution in [3.63, 3.8) is 0 Å². The van der Waals surface area contributed by atoms with Crippen LogP contribution in [0.2, 0.25) is 0 Å². The zero-order chi connectivity index (χ0) is 17.8. The van der Waals surface area contributed by atoms with Crippen molar-refractivity contribution in [1.29, 1.82) is 0 Å². The first kappa shape index (κ1) is 18.6. The standard InChI is InChI=1S/C13H19N5O4S/c1-7-6-8(2)16-12(15-7)17-13(20)18-23(21,22)11(10(4)19)9(3)14-5/h6,14H,1-5H3,(H2,15,16,17,18,20). The number of Topliss-reactive ketones (excluding diaryl/α,β-unsaturated/α-hetero) is 1. The summed E-state index contributed by atoms with van der Waals surface area (Å²) in [6.45, 7) is 5.93. The van der Waals surface area contributed by atoms with Crippen LogP contribution in [-0.4, -0.2) is 37.2 Å².